The summed E-state index contributed by atoms with van der Waals surface area (Å²) in [5.41, 5.74) is -1.12. The van der Waals surface area contributed by atoms with Crippen LogP contribution >= 0.6 is 11.8 Å². The molecule has 5 rings (SSSR count). The highest BCUT2D eigenvalue weighted by atomic mass is 32.2. The Morgan fingerprint density at radius 3 is 2.54 bits per heavy atom. The second kappa shape index (κ2) is 10.7. The van der Waals surface area contributed by atoms with Gasteiger partial charge in [0.2, 0.25) is 11.3 Å². The summed E-state index contributed by atoms with van der Waals surface area (Å²) in [5.74, 6) is -2.56. The number of hydrogen-bond acceptors (Lipinski definition) is 9. The van der Waals surface area contributed by atoms with Gasteiger partial charge in [0, 0.05) is 24.6 Å². The zero-order valence-electron chi connectivity index (χ0n) is 21.8. The highest BCUT2D eigenvalue weighted by Gasteiger charge is 2.55. The van der Waals surface area contributed by atoms with Gasteiger partial charge in [0.05, 0.1) is 6.26 Å². The van der Waals surface area contributed by atoms with Crippen molar-refractivity contribution < 1.29 is 38.6 Å². The van der Waals surface area contributed by atoms with Crippen LogP contribution < -0.4 is 5.32 Å². The molecule has 4 heterocycles. The fourth-order valence-corrected chi connectivity index (χ4v) is 6.86. The number of furan rings is 1. The van der Waals surface area contributed by atoms with Gasteiger partial charge in [-0.2, -0.15) is 0 Å². The van der Waals surface area contributed by atoms with Gasteiger partial charge in [-0.15, -0.1) is 11.8 Å². The highest BCUT2D eigenvalue weighted by Crippen LogP contribution is 2.42. The first-order valence-corrected chi connectivity index (χ1v) is 14.2. The SMILES string of the molecule is CC1CCN(C(C)C2=C(C(=O)O)N3C(=O)[C@@H](NC(=O)/C(=N\OC4(C(=O)O)CCC4)c4ccco4)[C@H]3SC2)CC1. The molecule has 2 amide bonds. The largest absolute Gasteiger partial charge is 0.478 e. The molecule has 2 saturated heterocycles. The number of β-lactam (4-membered cyclic amide) rings is 1. The Morgan fingerprint density at radius 1 is 1.26 bits per heavy atom. The smallest absolute Gasteiger partial charge is 0.352 e. The van der Waals surface area contributed by atoms with Crippen LogP contribution in [0.15, 0.2) is 39.2 Å². The minimum absolute atomic E-state index is 0.0167. The van der Waals surface area contributed by atoms with E-state index < -0.39 is 40.8 Å². The fourth-order valence-electron chi connectivity index (χ4n) is 5.40. The third-order valence-electron chi connectivity index (χ3n) is 8.19. The Labute approximate surface area is 229 Å². The topological polar surface area (TPSA) is 162 Å². The number of rotatable bonds is 9. The van der Waals surface area contributed by atoms with Gasteiger partial charge in [-0.25, -0.2) is 9.59 Å². The second-order valence-electron chi connectivity index (χ2n) is 10.6. The Bertz CT molecular complexity index is 1220. The van der Waals surface area contributed by atoms with E-state index in [9.17, 15) is 29.4 Å². The number of carbonyl (C=O) groups is 4. The molecule has 1 aromatic rings. The highest BCUT2D eigenvalue weighted by molar-refractivity contribution is 8.00. The Kier molecular flexibility index (Phi) is 7.47. The number of nitrogens with zero attached hydrogens (tertiary/aromatic N) is 3. The molecule has 0 radical (unpaired) electrons. The molecule has 1 saturated carbocycles. The zero-order valence-corrected chi connectivity index (χ0v) is 22.6. The van der Waals surface area contributed by atoms with Gasteiger partial charge in [-0.05, 0) is 62.9 Å². The molecule has 1 unspecified atom stereocenters. The molecule has 13 heteroatoms. The van der Waals surface area contributed by atoms with Crippen molar-refractivity contribution in [3.8, 4) is 0 Å². The van der Waals surface area contributed by atoms with Gasteiger partial charge in [-0.1, -0.05) is 12.1 Å². The lowest BCUT2D eigenvalue weighted by molar-refractivity contribution is -0.178. The first-order chi connectivity index (χ1) is 18.6. The maximum atomic E-state index is 13.2. The number of amides is 2. The van der Waals surface area contributed by atoms with Crippen LogP contribution in [0.5, 0.6) is 0 Å². The number of thioether (sulfide) groups is 1. The molecule has 210 valence electrons. The van der Waals surface area contributed by atoms with E-state index in [1.54, 1.807) is 0 Å². The minimum Gasteiger partial charge on any atom is -0.478 e. The molecule has 1 aromatic heterocycles. The summed E-state index contributed by atoms with van der Waals surface area (Å²) >= 11 is 1.40. The van der Waals surface area contributed by atoms with E-state index in [1.807, 2.05) is 6.92 Å². The Morgan fingerprint density at radius 2 is 1.97 bits per heavy atom. The number of aliphatic carboxylic acids is 2. The number of piperidine rings is 1. The van der Waals surface area contributed by atoms with Crippen LogP contribution in [-0.2, 0) is 24.0 Å². The second-order valence-corrected chi connectivity index (χ2v) is 11.7. The van der Waals surface area contributed by atoms with Gasteiger partial charge in [0.25, 0.3) is 11.8 Å². The van der Waals surface area contributed by atoms with E-state index in [2.05, 4.69) is 22.3 Å². The molecular formula is C26H32N4O8S. The van der Waals surface area contributed by atoms with E-state index in [0.717, 1.165) is 25.9 Å². The molecule has 0 spiro atoms. The summed E-state index contributed by atoms with van der Waals surface area (Å²) < 4.78 is 5.30. The summed E-state index contributed by atoms with van der Waals surface area (Å²) in [5, 5.41) is 25.5. The van der Waals surface area contributed by atoms with Gasteiger partial charge in [0.1, 0.15) is 17.1 Å². The maximum absolute atomic E-state index is 13.2. The molecule has 0 bridgehead atoms. The van der Waals surface area contributed by atoms with Crippen LogP contribution in [0.1, 0.15) is 51.7 Å². The molecule has 4 aliphatic rings. The van der Waals surface area contributed by atoms with Crippen molar-refractivity contribution in [2.24, 2.45) is 11.1 Å². The third kappa shape index (κ3) is 4.93. The van der Waals surface area contributed by atoms with Crippen LogP contribution in [0.3, 0.4) is 0 Å². The number of carbonyl (C=O) groups excluding carboxylic acids is 2. The van der Waals surface area contributed by atoms with Crippen LogP contribution in [0.4, 0.5) is 0 Å². The maximum Gasteiger partial charge on any atom is 0.352 e. The van der Waals surface area contributed by atoms with Crippen molar-refractivity contribution in [3.63, 3.8) is 0 Å². The Balaban J connectivity index is 1.33. The van der Waals surface area contributed by atoms with Crippen molar-refractivity contribution >= 4 is 41.2 Å². The van der Waals surface area contributed by atoms with Crippen LogP contribution in [0.25, 0.3) is 0 Å². The monoisotopic (exact) mass is 560 g/mol. The quantitative estimate of drug-likeness (QED) is 0.231. The summed E-state index contributed by atoms with van der Waals surface area (Å²) in [6.07, 6.45) is 4.60. The van der Waals surface area contributed by atoms with Gasteiger partial charge in [0.15, 0.2) is 5.76 Å². The first-order valence-electron chi connectivity index (χ1n) is 13.1. The van der Waals surface area contributed by atoms with E-state index in [0.29, 0.717) is 23.7 Å². The average Bonchev–Trinajstić information content (AvgIpc) is 3.42. The lowest BCUT2D eigenvalue weighted by Crippen LogP contribution is -2.71. The van der Waals surface area contributed by atoms with Gasteiger partial charge >= 0.3 is 11.9 Å². The van der Waals surface area contributed by atoms with Crippen molar-refractivity contribution in [1.29, 1.82) is 0 Å². The number of carboxylic acid groups (broad SMARTS) is 2. The first kappa shape index (κ1) is 27.3. The van der Waals surface area contributed by atoms with Crippen molar-refractivity contribution in [2.45, 2.75) is 69.0 Å². The average molecular weight is 561 g/mol. The predicted molar refractivity (Wildman–Crippen MR) is 140 cm³/mol. The third-order valence-corrected chi connectivity index (χ3v) is 9.49. The molecule has 1 aliphatic carbocycles. The number of hydrogen-bond donors (Lipinski definition) is 3. The van der Waals surface area contributed by atoms with Crippen LogP contribution in [0, 0.1) is 5.92 Å². The van der Waals surface area contributed by atoms with E-state index in [1.165, 1.54) is 35.1 Å². The zero-order chi connectivity index (χ0) is 27.9. The molecule has 39 heavy (non-hydrogen) atoms. The lowest BCUT2D eigenvalue weighted by Gasteiger charge is -2.50. The van der Waals surface area contributed by atoms with Crippen molar-refractivity contribution in [1.82, 2.24) is 15.1 Å². The van der Waals surface area contributed by atoms with Crippen LogP contribution in [0.2, 0.25) is 0 Å². The van der Waals surface area contributed by atoms with Crippen LogP contribution in [-0.4, -0.2) is 91.4 Å². The standard InChI is InChI=1S/C26H32N4O8S/c1-14-6-10-29(11-7-14)15(2)16-13-39-23-19(22(32)30(23)20(16)24(33)34)27-21(31)18(17-5-3-12-37-17)28-38-26(25(35)36)8-4-9-26/h3,5,12,14-15,19,23H,4,6-11,13H2,1-2H3,(H,27,31)(H,33,34)(H,35,36)/b28-18-/t15?,19-,23-/m1/s1. The number of fused-ring (bicyclic) bond motifs is 1. The summed E-state index contributed by atoms with van der Waals surface area (Å²) in [4.78, 5) is 59.3. The molecule has 3 N–H and O–H groups in total. The number of carboxylic acids is 2. The fraction of sp³-hybridized carbons (Fsp3) is 0.577. The predicted octanol–water partition coefficient (Wildman–Crippen LogP) is 1.87. The summed E-state index contributed by atoms with van der Waals surface area (Å²) in [6, 6.07) is 1.90. The minimum atomic E-state index is -1.50. The Hall–Kier alpha value is -3.32. The normalized spacial score (nSPS) is 26.3. The number of oxime groups is 1. The molecule has 0 aromatic carbocycles. The molecule has 3 atom stereocenters. The molecule has 3 aliphatic heterocycles. The van der Waals surface area contributed by atoms with Crippen molar-refractivity contribution in [3.05, 3.63) is 35.4 Å². The molecular weight excluding hydrogens is 528 g/mol. The van der Waals surface area contributed by atoms with Gasteiger partial charge in [-0.3, -0.25) is 19.4 Å². The number of likely N-dealkylation sites (tertiary alicyclic amines) is 1. The van der Waals surface area contributed by atoms with E-state index in [-0.39, 0.29) is 36.1 Å². The summed E-state index contributed by atoms with van der Waals surface area (Å²) in [7, 11) is 0. The lowest BCUT2D eigenvalue weighted by atomic mass is 9.80. The summed E-state index contributed by atoms with van der Waals surface area (Å²) in [6.45, 7) is 5.94. The van der Waals surface area contributed by atoms with E-state index >= 15 is 0 Å². The number of nitrogens with one attached hydrogen (secondary N) is 1. The molecule has 12 nitrogen and oxygen atoms in total. The van der Waals surface area contributed by atoms with E-state index in [4.69, 9.17) is 9.25 Å². The van der Waals surface area contributed by atoms with Gasteiger partial charge < -0.3 is 24.8 Å². The molecule has 3 fully saturated rings. The van der Waals surface area contributed by atoms with Crippen molar-refractivity contribution in [2.75, 3.05) is 18.8 Å².